The number of methoxy groups -OCH3 is 1. The molecule has 2 aromatic carbocycles. The van der Waals surface area contributed by atoms with Crippen LogP contribution in [0.3, 0.4) is 0 Å². The molecule has 0 aromatic heterocycles. The van der Waals surface area contributed by atoms with E-state index in [2.05, 4.69) is 5.32 Å². The van der Waals surface area contributed by atoms with Crippen LogP contribution in [0.4, 0.5) is 5.69 Å². The van der Waals surface area contributed by atoms with Gasteiger partial charge in [-0.2, -0.15) is 0 Å². The first-order chi connectivity index (χ1) is 12.4. The molecule has 0 atom stereocenters. The van der Waals surface area contributed by atoms with Crippen molar-refractivity contribution < 1.29 is 14.3 Å². The van der Waals surface area contributed by atoms with Crippen LogP contribution in [0.1, 0.15) is 18.1 Å². The van der Waals surface area contributed by atoms with Gasteiger partial charge in [0.25, 0.3) is 0 Å². The lowest BCUT2D eigenvalue weighted by molar-refractivity contribution is -0.132. The number of halogens is 1. The van der Waals surface area contributed by atoms with E-state index in [9.17, 15) is 9.59 Å². The van der Waals surface area contributed by atoms with E-state index in [1.165, 1.54) is 11.8 Å². The SMILES string of the molecule is COc1ccc(CCN(CC(=O)Nc2cccc(Cl)c2C)C(C)=O)cc1. The molecule has 0 unspecified atom stereocenters. The molecule has 2 rings (SSSR count). The molecule has 0 aliphatic rings. The highest BCUT2D eigenvalue weighted by atomic mass is 35.5. The molecule has 5 nitrogen and oxygen atoms in total. The number of hydrogen-bond donors (Lipinski definition) is 1. The van der Waals surface area contributed by atoms with Crippen LogP contribution in [0, 0.1) is 6.92 Å². The van der Waals surface area contributed by atoms with E-state index in [1.54, 1.807) is 25.3 Å². The van der Waals surface area contributed by atoms with Gasteiger partial charge in [0.05, 0.1) is 13.7 Å². The van der Waals surface area contributed by atoms with E-state index < -0.39 is 0 Å². The van der Waals surface area contributed by atoms with Gasteiger partial charge < -0.3 is 15.0 Å². The lowest BCUT2D eigenvalue weighted by Crippen LogP contribution is -2.38. The van der Waals surface area contributed by atoms with E-state index in [1.807, 2.05) is 31.2 Å². The highest BCUT2D eigenvalue weighted by molar-refractivity contribution is 6.31. The predicted molar refractivity (Wildman–Crippen MR) is 104 cm³/mol. The first-order valence-electron chi connectivity index (χ1n) is 8.34. The monoisotopic (exact) mass is 374 g/mol. The van der Waals surface area contributed by atoms with Gasteiger partial charge in [-0.15, -0.1) is 0 Å². The Labute approximate surface area is 158 Å². The number of rotatable bonds is 7. The van der Waals surface area contributed by atoms with Crippen LogP contribution in [0.15, 0.2) is 42.5 Å². The van der Waals surface area contributed by atoms with Gasteiger partial charge in [0.15, 0.2) is 0 Å². The summed E-state index contributed by atoms with van der Waals surface area (Å²) in [5.74, 6) is 0.394. The number of nitrogens with zero attached hydrogens (tertiary/aromatic N) is 1. The Morgan fingerprint density at radius 3 is 2.46 bits per heavy atom. The summed E-state index contributed by atoms with van der Waals surface area (Å²) < 4.78 is 5.13. The van der Waals surface area contributed by atoms with Crippen molar-refractivity contribution >= 4 is 29.1 Å². The molecule has 0 heterocycles. The number of hydrogen-bond acceptors (Lipinski definition) is 3. The van der Waals surface area contributed by atoms with Gasteiger partial charge in [0, 0.05) is 24.2 Å². The van der Waals surface area contributed by atoms with E-state index >= 15 is 0 Å². The van der Waals surface area contributed by atoms with Crippen molar-refractivity contribution in [3.63, 3.8) is 0 Å². The maximum absolute atomic E-state index is 12.3. The third-order valence-corrected chi connectivity index (χ3v) is 4.56. The minimum absolute atomic E-state index is 0.00254. The summed E-state index contributed by atoms with van der Waals surface area (Å²) in [6.07, 6.45) is 0.660. The highest BCUT2D eigenvalue weighted by Crippen LogP contribution is 2.22. The summed E-state index contributed by atoms with van der Waals surface area (Å²) in [5.41, 5.74) is 2.53. The quantitative estimate of drug-likeness (QED) is 0.804. The Kier molecular flexibility index (Phi) is 7.04. The van der Waals surface area contributed by atoms with Crippen LogP contribution in [0.25, 0.3) is 0 Å². The zero-order valence-electron chi connectivity index (χ0n) is 15.2. The number of carbonyl (C=O) groups excluding carboxylic acids is 2. The van der Waals surface area contributed by atoms with Crippen LogP contribution in [-0.4, -0.2) is 36.9 Å². The van der Waals surface area contributed by atoms with Crippen molar-refractivity contribution in [2.75, 3.05) is 25.5 Å². The van der Waals surface area contributed by atoms with Crippen LogP contribution in [0.5, 0.6) is 5.75 Å². The average Bonchev–Trinajstić information content (AvgIpc) is 2.62. The van der Waals surface area contributed by atoms with E-state index in [0.717, 1.165) is 16.9 Å². The van der Waals surface area contributed by atoms with Gasteiger partial charge in [-0.05, 0) is 48.7 Å². The molecule has 2 amide bonds. The minimum atomic E-state index is -0.250. The van der Waals surface area contributed by atoms with Gasteiger partial charge in [-0.3, -0.25) is 9.59 Å². The van der Waals surface area contributed by atoms with Crippen molar-refractivity contribution in [2.24, 2.45) is 0 Å². The number of anilines is 1. The largest absolute Gasteiger partial charge is 0.497 e. The van der Waals surface area contributed by atoms with Crippen LogP contribution in [0.2, 0.25) is 5.02 Å². The third-order valence-electron chi connectivity index (χ3n) is 4.15. The first-order valence-corrected chi connectivity index (χ1v) is 8.72. The molecule has 0 bridgehead atoms. The minimum Gasteiger partial charge on any atom is -0.497 e. The van der Waals surface area contributed by atoms with Crippen molar-refractivity contribution in [3.8, 4) is 5.75 Å². The molecule has 0 saturated carbocycles. The molecular weight excluding hydrogens is 352 g/mol. The fraction of sp³-hybridized carbons (Fsp3) is 0.300. The molecule has 0 spiro atoms. The summed E-state index contributed by atoms with van der Waals surface area (Å²) in [5, 5.41) is 3.40. The standard InChI is InChI=1S/C20H23ClN2O3/c1-14-18(21)5-4-6-19(14)22-20(25)13-23(15(2)24)12-11-16-7-9-17(26-3)10-8-16/h4-10H,11-13H2,1-3H3,(H,22,25). The molecular formula is C20H23ClN2O3. The van der Waals surface area contributed by atoms with Gasteiger partial charge >= 0.3 is 0 Å². The molecule has 0 aliphatic carbocycles. The molecule has 6 heteroatoms. The number of ether oxygens (including phenoxy) is 1. The summed E-state index contributed by atoms with van der Waals surface area (Å²) >= 11 is 6.07. The third kappa shape index (κ3) is 5.49. The molecule has 0 radical (unpaired) electrons. The van der Waals surface area contributed by atoms with E-state index in [0.29, 0.717) is 23.7 Å². The van der Waals surface area contributed by atoms with Crippen molar-refractivity contribution in [1.29, 1.82) is 0 Å². The molecule has 0 fully saturated rings. The maximum Gasteiger partial charge on any atom is 0.244 e. The second-order valence-corrected chi connectivity index (χ2v) is 6.41. The smallest absolute Gasteiger partial charge is 0.244 e. The lowest BCUT2D eigenvalue weighted by Gasteiger charge is -2.21. The van der Waals surface area contributed by atoms with Gasteiger partial charge in [-0.25, -0.2) is 0 Å². The van der Waals surface area contributed by atoms with Crippen molar-refractivity contribution in [3.05, 3.63) is 58.6 Å². The average molecular weight is 375 g/mol. The summed E-state index contributed by atoms with van der Waals surface area (Å²) in [6, 6.07) is 13.0. The number of carbonyl (C=O) groups is 2. The number of benzene rings is 2. The fourth-order valence-electron chi connectivity index (χ4n) is 2.51. The lowest BCUT2D eigenvalue weighted by atomic mass is 10.1. The summed E-state index contributed by atoms with van der Waals surface area (Å²) in [4.78, 5) is 25.7. The fourth-order valence-corrected chi connectivity index (χ4v) is 2.68. The van der Waals surface area contributed by atoms with Crippen LogP contribution >= 0.6 is 11.6 Å². The van der Waals surface area contributed by atoms with Crippen molar-refractivity contribution in [1.82, 2.24) is 4.90 Å². The molecule has 2 aromatic rings. The number of nitrogens with one attached hydrogen (secondary N) is 1. The normalized spacial score (nSPS) is 10.3. The Balaban J connectivity index is 1.95. The predicted octanol–water partition coefficient (Wildman–Crippen LogP) is 3.69. The highest BCUT2D eigenvalue weighted by Gasteiger charge is 2.15. The topological polar surface area (TPSA) is 58.6 Å². The van der Waals surface area contributed by atoms with Crippen LogP contribution < -0.4 is 10.1 Å². The Hall–Kier alpha value is -2.53. The second-order valence-electron chi connectivity index (χ2n) is 6.00. The van der Waals surface area contributed by atoms with Crippen LogP contribution in [-0.2, 0) is 16.0 Å². The zero-order chi connectivity index (χ0) is 19.1. The Morgan fingerprint density at radius 1 is 1.15 bits per heavy atom. The summed E-state index contributed by atoms with van der Waals surface area (Å²) in [7, 11) is 1.62. The first kappa shape index (κ1) is 19.8. The second kappa shape index (κ2) is 9.25. The van der Waals surface area contributed by atoms with Gasteiger partial charge in [-0.1, -0.05) is 29.8 Å². The Morgan fingerprint density at radius 2 is 1.85 bits per heavy atom. The molecule has 26 heavy (non-hydrogen) atoms. The summed E-state index contributed by atoms with van der Waals surface area (Å²) in [6.45, 7) is 3.76. The van der Waals surface area contributed by atoms with Gasteiger partial charge in [0.1, 0.15) is 5.75 Å². The molecule has 138 valence electrons. The van der Waals surface area contributed by atoms with Gasteiger partial charge in [0.2, 0.25) is 11.8 Å². The molecule has 1 N–H and O–H groups in total. The molecule has 0 saturated heterocycles. The van der Waals surface area contributed by atoms with E-state index in [4.69, 9.17) is 16.3 Å². The zero-order valence-corrected chi connectivity index (χ0v) is 16.0. The maximum atomic E-state index is 12.3. The number of amides is 2. The van der Waals surface area contributed by atoms with Crippen molar-refractivity contribution in [2.45, 2.75) is 20.3 Å². The Bertz CT molecular complexity index is 775. The molecule has 0 aliphatic heterocycles. The van der Waals surface area contributed by atoms with E-state index in [-0.39, 0.29) is 18.4 Å².